The number of non-ortho nitro benzene ring substituents is 2. The minimum atomic E-state index is -0.784. The van der Waals surface area contributed by atoms with Gasteiger partial charge in [-0.2, -0.15) is 0 Å². The predicted molar refractivity (Wildman–Crippen MR) is 120 cm³/mol. The molecule has 0 spiro atoms. The fourth-order valence-corrected chi connectivity index (χ4v) is 4.13. The van der Waals surface area contributed by atoms with E-state index in [2.05, 4.69) is 4.98 Å². The summed E-state index contributed by atoms with van der Waals surface area (Å²) < 4.78 is 11.6. The highest BCUT2D eigenvalue weighted by atomic mass is 32.1. The van der Waals surface area contributed by atoms with Gasteiger partial charge >= 0.3 is 0 Å². The number of aromatic nitrogens is 1. The molecule has 2 aromatic heterocycles. The van der Waals surface area contributed by atoms with Gasteiger partial charge in [0.25, 0.3) is 17.3 Å². The summed E-state index contributed by atoms with van der Waals surface area (Å²) in [7, 11) is 0. The Bertz CT molecular complexity index is 1320. The van der Waals surface area contributed by atoms with Gasteiger partial charge < -0.3 is 9.15 Å². The number of nitrogens with zero attached hydrogens (tertiary/aromatic N) is 4. The molecule has 2 heterocycles. The Morgan fingerprint density at radius 2 is 1.85 bits per heavy atom. The molecule has 0 aliphatic rings. The molecule has 0 atom stereocenters. The van der Waals surface area contributed by atoms with E-state index in [9.17, 15) is 25.0 Å². The summed E-state index contributed by atoms with van der Waals surface area (Å²) in [6, 6.07) is 11.5. The number of amides is 1. The largest absolute Gasteiger partial charge is 0.494 e. The van der Waals surface area contributed by atoms with Crippen LogP contribution in [0.3, 0.4) is 0 Å². The Balaban J connectivity index is 1.79. The van der Waals surface area contributed by atoms with Gasteiger partial charge in [-0.05, 0) is 37.3 Å². The van der Waals surface area contributed by atoms with Crippen molar-refractivity contribution in [2.75, 3.05) is 11.5 Å². The molecular formula is C21H16N4O7S. The van der Waals surface area contributed by atoms with E-state index in [0.29, 0.717) is 28.8 Å². The molecule has 0 fully saturated rings. The molecule has 0 saturated carbocycles. The second-order valence-corrected chi connectivity index (χ2v) is 7.79. The first-order chi connectivity index (χ1) is 15.9. The highest BCUT2D eigenvalue weighted by Crippen LogP contribution is 2.34. The lowest BCUT2D eigenvalue weighted by molar-refractivity contribution is -0.394. The summed E-state index contributed by atoms with van der Waals surface area (Å²) in [5, 5.41) is 22.8. The number of fused-ring (bicyclic) bond motifs is 1. The van der Waals surface area contributed by atoms with E-state index in [4.69, 9.17) is 9.15 Å². The molecule has 0 aliphatic carbocycles. The third kappa shape index (κ3) is 4.65. The SMILES string of the molecule is CCOc1ccc2nc(N(Cc3ccco3)C(=O)c3cc([N+](=O)[O-])cc([N+](=O)[O-])c3)sc2c1. The number of benzene rings is 2. The van der Waals surface area contributed by atoms with Gasteiger partial charge in [0, 0.05) is 12.1 Å². The van der Waals surface area contributed by atoms with Crippen molar-refractivity contribution in [2.45, 2.75) is 13.5 Å². The maximum Gasteiger partial charge on any atom is 0.277 e. The van der Waals surface area contributed by atoms with E-state index in [0.717, 1.165) is 22.9 Å². The molecule has 2 aromatic carbocycles. The fraction of sp³-hybridized carbons (Fsp3) is 0.143. The number of thiazole rings is 1. The molecule has 1 amide bonds. The maximum absolute atomic E-state index is 13.4. The molecule has 12 heteroatoms. The Kier molecular flexibility index (Phi) is 6.00. The van der Waals surface area contributed by atoms with Crippen LogP contribution in [-0.2, 0) is 6.54 Å². The molecule has 33 heavy (non-hydrogen) atoms. The van der Waals surface area contributed by atoms with Gasteiger partial charge in [0.1, 0.15) is 11.5 Å². The number of rotatable bonds is 8. The molecule has 4 rings (SSSR count). The van der Waals surface area contributed by atoms with Crippen LogP contribution in [0.25, 0.3) is 10.2 Å². The van der Waals surface area contributed by atoms with Crippen molar-refractivity contribution in [3.63, 3.8) is 0 Å². The van der Waals surface area contributed by atoms with Crippen LogP contribution >= 0.6 is 11.3 Å². The number of anilines is 1. The predicted octanol–water partition coefficient (Wildman–Crippen LogP) is 4.95. The first-order valence-corrected chi connectivity index (χ1v) is 10.5. The van der Waals surface area contributed by atoms with E-state index >= 15 is 0 Å². The summed E-state index contributed by atoms with van der Waals surface area (Å²) in [6.45, 7) is 2.33. The lowest BCUT2D eigenvalue weighted by atomic mass is 10.1. The molecular weight excluding hydrogens is 452 g/mol. The van der Waals surface area contributed by atoms with Crippen molar-refractivity contribution in [1.29, 1.82) is 0 Å². The van der Waals surface area contributed by atoms with Crippen LogP contribution in [0.5, 0.6) is 5.75 Å². The third-order valence-corrected chi connectivity index (χ3v) is 5.64. The normalized spacial score (nSPS) is 10.8. The van der Waals surface area contributed by atoms with Gasteiger partial charge in [0.2, 0.25) is 0 Å². The lowest BCUT2D eigenvalue weighted by Gasteiger charge is -2.18. The van der Waals surface area contributed by atoms with Crippen molar-refractivity contribution in [3.8, 4) is 5.75 Å². The lowest BCUT2D eigenvalue weighted by Crippen LogP contribution is -2.30. The fourth-order valence-electron chi connectivity index (χ4n) is 3.13. The van der Waals surface area contributed by atoms with Gasteiger partial charge in [0.05, 0.1) is 51.1 Å². The highest BCUT2D eigenvalue weighted by Gasteiger charge is 2.27. The van der Waals surface area contributed by atoms with Gasteiger partial charge in [-0.25, -0.2) is 4.98 Å². The van der Waals surface area contributed by atoms with Gasteiger partial charge in [-0.3, -0.25) is 29.9 Å². The average molecular weight is 468 g/mol. The van der Waals surface area contributed by atoms with Gasteiger partial charge in [-0.15, -0.1) is 0 Å². The summed E-state index contributed by atoms with van der Waals surface area (Å²) in [5.41, 5.74) is -0.704. The average Bonchev–Trinajstić information content (AvgIpc) is 3.46. The number of carbonyl (C=O) groups is 1. The number of hydrogen-bond acceptors (Lipinski definition) is 9. The molecule has 0 aliphatic heterocycles. The molecule has 0 N–H and O–H groups in total. The molecule has 0 bridgehead atoms. The van der Waals surface area contributed by atoms with Gasteiger partial charge in [-0.1, -0.05) is 11.3 Å². The Morgan fingerprint density at radius 1 is 1.12 bits per heavy atom. The van der Waals surface area contributed by atoms with E-state index in [-0.39, 0.29) is 12.1 Å². The maximum atomic E-state index is 13.4. The summed E-state index contributed by atoms with van der Waals surface area (Å²) in [4.78, 5) is 40.2. The zero-order chi connectivity index (χ0) is 23.5. The number of nitro benzene ring substituents is 2. The second kappa shape index (κ2) is 9.04. The van der Waals surface area contributed by atoms with Crippen LogP contribution < -0.4 is 9.64 Å². The Labute approximate surface area is 190 Å². The minimum Gasteiger partial charge on any atom is -0.494 e. The third-order valence-electron chi connectivity index (χ3n) is 4.60. The van der Waals surface area contributed by atoms with Crippen LogP contribution in [0, 0.1) is 20.2 Å². The minimum absolute atomic E-state index is 0.0273. The molecule has 0 radical (unpaired) electrons. The van der Waals surface area contributed by atoms with Crippen molar-refractivity contribution in [2.24, 2.45) is 0 Å². The number of nitro groups is 2. The summed E-state index contributed by atoms with van der Waals surface area (Å²) in [6.07, 6.45) is 1.45. The van der Waals surface area contributed by atoms with Crippen LogP contribution in [0.1, 0.15) is 23.0 Å². The van der Waals surface area contributed by atoms with E-state index < -0.39 is 27.1 Å². The molecule has 11 nitrogen and oxygen atoms in total. The number of ether oxygens (including phenoxy) is 1. The van der Waals surface area contributed by atoms with Crippen molar-refractivity contribution in [1.82, 2.24) is 4.98 Å². The second-order valence-electron chi connectivity index (χ2n) is 6.78. The first-order valence-electron chi connectivity index (χ1n) is 9.67. The van der Waals surface area contributed by atoms with Crippen LogP contribution in [-0.4, -0.2) is 27.3 Å². The molecule has 168 valence electrons. The van der Waals surface area contributed by atoms with Gasteiger partial charge in [0.15, 0.2) is 5.13 Å². The monoisotopic (exact) mass is 468 g/mol. The Morgan fingerprint density at radius 3 is 2.45 bits per heavy atom. The number of carbonyl (C=O) groups excluding carboxylic acids is 1. The molecule has 4 aromatic rings. The zero-order valence-corrected chi connectivity index (χ0v) is 18.0. The van der Waals surface area contributed by atoms with Crippen LogP contribution in [0.2, 0.25) is 0 Å². The summed E-state index contributed by atoms with van der Waals surface area (Å²) >= 11 is 1.22. The van der Waals surface area contributed by atoms with E-state index in [1.54, 1.807) is 30.3 Å². The van der Waals surface area contributed by atoms with Crippen LogP contribution in [0.15, 0.2) is 59.2 Å². The zero-order valence-electron chi connectivity index (χ0n) is 17.2. The topological polar surface area (TPSA) is 142 Å². The summed E-state index contributed by atoms with van der Waals surface area (Å²) in [5.74, 6) is 0.401. The smallest absolute Gasteiger partial charge is 0.277 e. The van der Waals surface area contributed by atoms with Crippen molar-refractivity contribution >= 4 is 44.0 Å². The number of furan rings is 1. The van der Waals surface area contributed by atoms with Crippen molar-refractivity contribution < 1.29 is 23.8 Å². The molecule has 0 saturated heterocycles. The number of hydrogen-bond donors (Lipinski definition) is 0. The highest BCUT2D eigenvalue weighted by molar-refractivity contribution is 7.22. The van der Waals surface area contributed by atoms with E-state index in [1.807, 2.05) is 6.92 Å². The first kappa shape index (κ1) is 21.9. The van der Waals surface area contributed by atoms with Crippen LogP contribution in [0.4, 0.5) is 16.5 Å². The molecule has 0 unspecified atom stereocenters. The van der Waals surface area contributed by atoms with Crippen molar-refractivity contribution in [3.05, 3.63) is 86.3 Å². The quantitative estimate of drug-likeness (QED) is 0.261. The standard InChI is InChI=1S/C21H16N4O7S/c1-2-31-16-5-6-18-19(11-16)33-21(22-18)23(12-17-4-3-7-32-17)20(26)13-8-14(24(27)28)10-15(9-13)25(29)30/h3-11H,2,12H2,1H3. The van der Waals surface area contributed by atoms with E-state index in [1.165, 1.54) is 22.5 Å². The Hall–Kier alpha value is -4.32.